The van der Waals surface area contributed by atoms with Gasteiger partial charge in [0.05, 0.1) is 37.2 Å². The first kappa shape index (κ1) is 19.9. The zero-order valence-electron chi connectivity index (χ0n) is 16.0. The maximum atomic E-state index is 13.7. The van der Waals surface area contributed by atoms with Gasteiger partial charge in [-0.1, -0.05) is 0 Å². The number of hydrogen-bond acceptors (Lipinski definition) is 3. The summed E-state index contributed by atoms with van der Waals surface area (Å²) >= 11 is 0. The number of carbonyl (C=O) groups is 1. The van der Waals surface area contributed by atoms with E-state index in [0.29, 0.717) is 30.5 Å². The third-order valence-corrected chi connectivity index (χ3v) is 5.84. The second-order valence-corrected chi connectivity index (χ2v) is 8.15. The Morgan fingerprint density at radius 1 is 1.24 bits per heavy atom. The monoisotopic (exact) mass is 413 g/mol. The quantitative estimate of drug-likeness (QED) is 0.776. The molecule has 3 heterocycles. The lowest BCUT2D eigenvalue weighted by molar-refractivity contribution is -0.0457. The Kier molecular flexibility index (Phi) is 4.90. The van der Waals surface area contributed by atoms with Gasteiger partial charge in [0.1, 0.15) is 0 Å². The summed E-state index contributed by atoms with van der Waals surface area (Å²) in [7, 11) is 0. The Morgan fingerprint density at radius 2 is 1.97 bits per heavy atom. The van der Waals surface area contributed by atoms with E-state index in [2.05, 4.69) is 15.4 Å². The van der Waals surface area contributed by atoms with Crippen molar-refractivity contribution in [2.24, 2.45) is 5.92 Å². The van der Waals surface area contributed by atoms with Crippen LogP contribution in [-0.2, 0) is 6.42 Å². The maximum absolute atomic E-state index is 13.7. The largest absolute Gasteiger partial charge is 0.332 e. The summed E-state index contributed by atoms with van der Waals surface area (Å²) in [5.74, 6) is -5.38. The van der Waals surface area contributed by atoms with Crippen molar-refractivity contribution >= 4 is 11.7 Å². The third kappa shape index (κ3) is 4.30. The highest BCUT2D eigenvalue weighted by Gasteiger charge is 2.41. The molecular weight excluding hydrogens is 390 g/mol. The number of carbonyl (C=O) groups excluding carboxylic acids is 1. The summed E-state index contributed by atoms with van der Waals surface area (Å²) in [6.45, 7) is 0.348. The fraction of sp³-hybridized carbons (Fsp3) is 0.632. The van der Waals surface area contributed by atoms with Gasteiger partial charge in [0.25, 0.3) is 5.92 Å². The van der Waals surface area contributed by atoms with E-state index < -0.39 is 37.0 Å². The van der Waals surface area contributed by atoms with Crippen molar-refractivity contribution in [1.82, 2.24) is 24.8 Å². The third-order valence-electron chi connectivity index (χ3n) is 5.84. The highest BCUT2D eigenvalue weighted by molar-refractivity contribution is 5.76. The molecule has 1 unspecified atom stereocenters. The van der Waals surface area contributed by atoms with Gasteiger partial charge in [-0.05, 0) is 43.7 Å². The molecule has 0 bridgehead atoms. The standard InChI is InChI=1S/C19H23F4N5O/c1-12(27-11-19(22,23)10-24-17(27)29)14-7-16-26-15(9-28(16)25-8-14)6-13-2-4-18(20,21)5-3-13/h7-9,12-13H,2-6,10-11H2,1H3,(H,24,29). The zero-order chi connectivity index (χ0) is 20.8. The SMILES string of the molecule is CC(c1cnn2cc(CC3CCC(F)(F)CC3)nc2c1)N1CC(F)(F)CNC1=O. The first-order valence-electron chi connectivity index (χ1n) is 9.76. The number of aromatic nitrogens is 3. The van der Waals surface area contributed by atoms with Crippen molar-refractivity contribution in [2.75, 3.05) is 13.1 Å². The minimum Gasteiger partial charge on any atom is -0.332 e. The predicted octanol–water partition coefficient (Wildman–Crippen LogP) is 3.82. The second-order valence-electron chi connectivity index (χ2n) is 8.15. The molecule has 0 spiro atoms. The smallest absolute Gasteiger partial charge is 0.318 e. The van der Waals surface area contributed by atoms with Crippen LogP contribution in [-0.4, -0.2) is 50.5 Å². The summed E-state index contributed by atoms with van der Waals surface area (Å²) < 4.78 is 55.6. The van der Waals surface area contributed by atoms with Crippen LogP contribution in [0.3, 0.4) is 0 Å². The van der Waals surface area contributed by atoms with E-state index in [-0.39, 0.29) is 18.8 Å². The van der Waals surface area contributed by atoms with E-state index in [4.69, 9.17) is 0 Å². The van der Waals surface area contributed by atoms with E-state index in [1.807, 2.05) is 0 Å². The number of amides is 2. The lowest BCUT2D eigenvalue weighted by atomic mass is 9.84. The van der Waals surface area contributed by atoms with Gasteiger partial charge in [-0.3, -0.25) is 0 Å². The van der Waals surface area contributed by atoms with Gasteiger partial charge >= 0.3 is 6.03 Å². The van der Waals surface area contributed by atoms with E-state index in [9.17, 15) is 22.4 Å². The molecule has 2 aromatic heterocycles. The normalized spacial score (nSPS) is 23.2. The van der Waals surface area contributed by atoms with Crippen molar-refractivity contribution in [3.8, 4) is 0 Å². The summed E-state index contributed by atoms with van der Waals surface area (Å²) in [5.41, 5.74) is 1.90. The molecule has 0 aromatic carbocycles. The van der Waals surface area contributed by atoms with Gasteiger partial charge in [0.15, 0.2) is 5.65 Å². The minimum atomic E-state index is -2.99. The Labute approximate surface area is 165 Å². The predicted molar refractivity (Wildman–Crippen MR) is 97.1 cm³/mol. The molecule has 2 aromatic rings. The molecule has 10 heteroatoms. The lowest BCUT2D eigenvalue weighted by Gasteiger charge is -2.36. The fourth-order valence-electron chi connectivity index (χ4n) is 4.04. The Morgan fingerprint density at radius 3 is 2.69 bits per heavy atom. The van der Waals surface area contributed by atoms with Crippen molar-refractivity contribution < 1.29 is 22.4 Å². The molecule has 29 heavy (non-hydrogen) atoms. The number of rotatable bonds is 4. The second kappa shape index (κ2) is 7.14. The number of nitrogens with zero attached hydrogens (tertiary/aromatic N) is 4. The molecule has 1 aliphatic carbocycles. The first-order chi connectivity index (χ1) is 13.6. The van der Waals surface area contributed by atoms with Gasteiger partial charge < -0.3 is 10.2 Å². The van der Waals surface area contributed by atoms with E-state index >= 15 is 0 Å². The van der Waals surface area contributed by atoms with Crippen LogP contribution >= 0.6 is 0 Å². The Bertz CT molecular complexity index is 905. The molecule has 6 nitrogen and oxygen atoms in total. The van der Waals surface area contributed by atoms with Crippen LogP contribution in [0.25, 0.3) is 5.65 Å². The van der Waals surface area contributed by atoms with Gasteiger partial charge in [0.2, 0.25) is 5.92 Å². The molecule has 4 rings (SSSR count). The van der Waals surface area contributed by atoms with Crippen molar-refractivity contribution in [3.05, 3.63) is 29.7 Å². The van der Waals surface area contributed by atoms with E-state index in [1.54, 1.807) is 23.7 Å². The maximum Gasteiger partial charge on any atom is 0.318 e. The number of fused-ring (bicyclic) bond motifs is 1. The number of nitrogens with one attached hydrogen (secondary N) is 1. The Hall–Kier alpha value is -2.39. The minimum absolute atomic E-state index is 0.0898. The van der Waals surface area contributed by atoms with Crippen LogP contribution in [0.1, 0.15) is 49.9 Å². The summed E-state index contributed by atoms with van der Waals surface area (Å²) in [6.07, 6.45) is 4.65. The molecule has 2 amide bonds. The van der Waals surface area contributed by atoms with Gasteiger partial charge in [-0.2, -0.15) is 5.10 Å². The van der Waals surface area contributed by atoms with Crippen LogP contribution in [0, 0.1) is 5.92 Å². The number of hydrogen-bond donors (Lipinski definition) is 1. The Balaban J connectivity index is 1.49. The average molecular weight is 413 g/mol. The number of urea groups is 1. The molecular formula is C19H23F4N5O. The summed E-state index contributed by atoms with van der Waals surface area (Å²) in [4.78, 5) is 17.6. The highest BCUT2D eigenvalue weighted by Crippen LogP contribution is 2.37. The number of imidazole rings is 1. The number of alkyl halides is 4. The number of halogens is 4. The molecule has 1 aliphatic heterocycles. The molecule has 2 fully saturated rings. The van der Waals surface area contributed by atoms with Gasteiger partial charge in [0, 0.05) is 12.8 Å². The van der Waals surface area contributed by atoms with Crippen molar-refractivity contribution in [3.63, 3.8) is 0 Å². The topological polar surface area (TPSA) is 62.5 Å². The lowest BCUT2D eigenvalue weighted by Crippen LogP contribution is -2.57. The van der Waals surface area contributed by atoms with Crippen LogP contribution in [0.15, 0.2) is 18.5 Å². The van der Waals surface area contributed by atoms with E-state index in [0.717, 1.165) is 10.6 Å². The van der Waals surface area contributed by atoms with Gasteiger partial charge in [-0.15, -0.1) is 0 Å². The molecule has 158 valence electrons. The van der Waals surface area contributed by atoms with Crippen LogP contribution in [0.2, 0.25) is 0 Å². The zero-order valence-corrected chi connectivity index (χ0v) is 16.0. The summed E-state index contributed by atoms with van der Waals surface area (Å²) in [5, 5.41) is 6.49. The van der Waals surface area contributed by atoms with Crippen molar-refractivity contribution in [2.45, 2.75) is 56.9 Å². The summed E-state index contributed by atoms with van der Waals surface area (Å²) in [6, 6.07) is 0.580. The molecule has 1 N–H and O–H groups in total. The van der Waals surface area contributed by atoms with Crippen LogP contribution in [0.4, 0.5) is 22.4 Å². The van der Waals surface area contributed by atoms with Crippen molar-refractivity contribution in [1.29, 1.82) is 0 Å². The molecule has 0 radical (unpaired) electrons. The fourth-order valence-corrected chi connectivity index (χ4v) is 4.04. The molecule has 1 saturated carbocycles. The van der Waals surface area contributed by atoms with Crippen LogP contribution < -0.4 is 5.32 Å². The molecule has 1 saturated heterocycles. The van der Waals surface area contributed by atoms with Crippen LogP contribution in [0.5, 0.6) is 0 Å². The van der Waals surface area contributed by atoms with Gasteiger partial charge in [-0.25, -0.2) is 31.9 Å². The first-order valence-corrected chi connectivity index (χ1v) is 9.76. The molecule has 2 aliphatic rings. The highest BCUT2D eigenvalue weighted by atomic mass is 19.3. The molecule has 1 atom stereocenters. The average Bonchev–Trinajstić information content (AvgIpc) is 3.06. The van der Waals surface area contributed by atoms with E-state index in [1.165, 1.54) is 6.20 Å².